The maximum absolute atomic E-state index is 9.63. The van der Waals surface area contributed by atoms with E-state index in [-0.39, 0.29) is 0 Å². The highest BCUT2D eigenvalue weighted by molar-refractivity contribution is 7.99. The number of allylic oxidation sites excluding steroid dienone is 1. The quantitative estimate of drug-likeness (QED) is 0.447. The number of aliphatic imine (C=N–C) groups is 1. The van der Waals surface area contributed by atoms with Crippen molar-refractivity contribution in [2.75, 3.05) is 11.5 Å². The Morgan fingerprint density at radius 2 is 2.60 bits per heavy atom. The first-order chi connectivity index (χ1) is 4.93. The molecule has 0 bridgehead atoms. The van der Waals surface area contributed by atoms with Crippen LogP contribution in [-0.4, -0.2) is 17.6 Å². The maximum Gasteiger partial charge on any atom is 0.239 e. The van der Waals surface area contributed by atoms with Crippen LogP contribution in [0.15, 0.2) is 17.3 Å². The molecular formula is C7H9NOS. The molecule has 0 saturated carbocycles. The zero-order valence-electron chi connectivity index (χ0n) is 5.62. The Hall–Kier alpha value is -0.530. The van der Waals surface area contributed by atoms with Gasteiger partial charge in [-0.1, -0.05) is 6.08 Å². The molecule has 10 heavy (non-hydrogen) atoms. The molecule has 2 nitrogen and oxygen atoms in total. The number of thioether (sulfide) groups is 1. The van der Waals surface area contributed by atoms with Crippen LogP contribution in [0.25, 0.3) is 0 Å². The minimum Gasteiger partial charge on any atom is -0.211 e. The molecule has 1 atom stereocenters. The molecule has 54 valence electrons. The topological polar surface area (TPSA) is 29.4 Å². The van der Waals surface area contributed by atoms with E-state index in [4.69, 9.17) is 0 Å². The van der Waals surface area contributed by atoms with Crippen LogP contribution in [0.4, 0.5) is 0 Å². The van der Waals surface area contributed by atoms with Crippen molar-refractivity contribution >= 4 is 17.8 Å². The van der Waals surface area contributed by atoms with Crippen LogP contribution in [0.5, 0.6) is 0 Å². The van der Waals surface area contributed by atoms with Gasteiger partial charge in [-0.25, -0.2) is 4.79 Å². The van der Waals surface area contributed by atoms with E-state index in [1.54, 1.807) is 6.20 Å². The van der Waals surface area contributed by atoms with Crippen molar-refractivity contribution in [1.29, 1.82) is 0 Å². The van der Waals surface area contributed by atoms with Crippen molar-refractivity contribution in [1.82, 2.24) is 0 Å². The van der Waals surface area contributed by atoms with E-state index < -0.39 is 0 Å². The van der Waals surface area contributed by atoms with Gasteiger partial charge in [-0.05, 0) is 23.8 Å². The maximum atomic E-state index is 9.63. The third-order valence-corrected chi connectivity index (χ3v) is 2.64. The Kier molecular flexibility index (Phi) is 3.27. The minimum absolute atomic E-state index is 0.627. The van der Waals surface area contributed by atoms with Crippen LogP contribution in [0.1, 0.15) is 6.42 Å². The van der Waals surface area contributed by atoms with Gasteiger partial charge in [0, 0.05) is 6.20 Å². The van der Waals surface area contributed by atoms with E-state index in [0.717, 1.165) is 0 Å². The monoisotopic (exact) mass is 155 g/mol. The van der Waals surface area contributed by atoms with E-state index >= 15 is 0 Å². The predicted octanol–water partition coefficient (Wildman–Crippen LogP) is 1.59. The first kappa shape index (κ1) is 7.58. The van der Waals surface area contributed by atoms with Crippen molar-refractivity contribution in [2.24, 2.45) is 10.9 Å². The average molecular weight is 155 g/mol. The van der Waals surface area contributed by atoms with Gasteiger partial charge in [0.25, 0.3) is 0 Å². The minimum atomic E-state index is 0.627. The molecule has 0 amide bonds. The standard InChI is InChI=1S/C7H9NOS/c9-6-8-3-1-7-2-4-10-5-7/h1,3,7H,2,4-5H2/b3-1-. The average Bonchev–Trinajstić information content (AvgIpc) is 2.41. The molecule has 0 radical (unpaired) electrons. The first-order valence-electron chi connectivity index (χ1n) is 3.25. The summed E-state index contributed by atoms with van der Waals surface area (Å²) < 4.78 is 0. The molecule has 1 fully saturated rings. The third-order valence-electron chi connectivity index (χ3n) is 1.45. The molecule has 1 unspecified atom stereocenters. The van der Waals surface area contributed by atoms with Crippen molar-refractivity contribution < 1.29 is 4.79 Å². The lowest BCUT2D eigenvalue weighted by molar-refractivity contribution is 0.565. The molecule has 1 rings (SSSR count). The molecule has 1 saturated heterocycles. The van der Waals surface area contributed by atoms with Gasteiger partial charge in [0.2, 0.25) is 6.08 Å². The summed E-state index contributed by atoms with van der Waals surface area (Å²) >= 11 is 1.95. The summed E-state index contributed by atoms with van der Waals surface area (Å²) in [5, 5.41) is 0. The summed E-state index contributed by atoms with van der Waals surface area (Å²) in [6.45, 7) is 0. The molecule has 0 spiro atoms. The highest BCUT2D eigenvalue weighted by atomic mass is 32.2. The highest BCUT2D eigenvalue weighted by Gasteiger charge is 2.10. The van der Waals surface area contributed by atoms with Crippen LogP contribution in [0.2, 0.25) is 0 Å². The number of hydrogen-bond acceptors (Lipinski definition) is 3. The summed E-state index contributed by atoms with van der Waals surface area (Å²) in [5.74, 6) is 3.03. The Balaban J connectivity index is 2.29. The number of isocyanates is 1. The lowest BCUT2D eigenvalue weighted by Crippen LogP contribution is -1.89. The molecule has 1 aliphatic heterocycles. The molecule has 0 aromatic carbocycles. The van der Waals surface area contributed by atoms with Gasteiger partial charge >= 0.3 is 0 Å². The van der Waals surface area contributed by atoms with E-state index in [2.05, 4.69) is 4.99 Å². The molecule has 0 aliphatic carbocycles. The Labute approximate surface area is 64.4 Å². The lowest BCUT2D eigenvalue weighted by Gasteiger charge is -1.94. The Morgan fingerprint density at radius 3 is 3.20 bits per heavy atom. The van der Waals surface area contributed by atoms with Gasteiger partial charge < -0.3 is 0 Å². The van der Waals surface area contributed by atoms with E-state index in [9.17, 15) is 4.79 Å². The predicted molar refractivity (Wildman–Crippen MR) is 42.7 cm³/mol. The molecule has 1 heterocycles. The largest absolute Gasteiger partial charge is 0.239 e. The third kappa shape index (κ3) is 2.38. The van der Waals surface area contributed by atoms with E-state index in [0.29, 0.717) is 5.92 Å². The fourth-order valence-corrected chi connectivity index (χ4v) is 2.12. The van der Waals surface area contributed by atoms with Gasteiger partial charge in [0.1, 0.15) is 0 Å². The van der Waals surface area contributed by atoms with Gasteiger partial charge in [-0.15, -0.1) is 0 Å². The SMILES string of the molecule is O=C=N/C=C\C1CCSC1. The number of hydrogen-bond donors (Lipinski definition) is 0. The molecule has 3 heteroatoms. The summed E-state index contributed by atoms with van der Waals surface area (Å²) in [7, 11) is 0. The second kappa shape index (κ2) is 4.31. The zero-order valence-corrected chi connectivity index (χ0v) is 6.43. The fourth-order valence-electron chi connectivity index (χ4n) is 0.900. The van der Waals surface area contributed by atoms with Crippen LogP contribution in [0, 0.1) is 5.92 Å². The normalized spacial score (nSPS) is 25.0. The van der Waals surface area contributed by atoms with Crippen molar-refractivity contribution in [3.63, 3.8) is 0 Å². The van der Waals surface area contributed by atoms with Crippen molar-refractivity contribution in [3.8, 4) is 0 Å². The first-order valence-corrected chi connectivity index (χ1v) is 4.40. The molecule has 1 aliphatic rings. The molecular weight excluding hydrogens is 146 g/mol. The summed E-state index contributed by atoms with van der Waals surface area (Å²) in [5.41, 5.74) is 0. The number of nitrogens with zero attached hydrogens (tertiary/aromatic N) is 1. The fraction of sp³-hybridized carbons (Fsp3) is 0.571. The van der Waals surface area contributed by atoms with Crippen LogP contribution in [0.3, 0.4) is 0 Å². The number of rotatable bonds is 2. The van der Waals surface area contributed by atoms with E-state index in [1.807, 2.05) is 17.8 Å². The summed E-state index contributed by atoms with van der Waals surface area (Å²) in [6.07, 6.45) is 6.21. The van der Waals surface area contributed by atoms with E-state index in [1.165, 1.54) is 24.0 Å². The lowest BCUT2D eigenvalue weighted by atomic mass is 10.1. The smallest absolute Gasteiger partial charge is 0.211 e. The Morgan fingerprint density at radius 1 is 1.70 bits per heavy atom. The number of carbonyl (C=O) groups excluding carboxylic acids is 1. The van der Waals surface area contributed by atoms with Gasteiger partial charge in [0.15, 0.2) is 0 Å². The second-order valence-corrected chi connectivity index (χ2v) is 3.34. The highest BCUT2D eigenvalue weighted by Crippen LogP contribution is 2.23. The molecule has 0 aromatic heterocycles. The van der Waals surface area contributed by atoms with Crippen molar-refractivity contribution in [2.45, 2.75) is 6.42 Å². The molecule has 0 aromatic rings. The summed E-state index contributed by atoms with van der Waals surface area (Å²) in [4.78, 5) is 13.0. The van der Waals surface area contributed by atoms with Crippen LogP contribution >= 0.6 is 11.8 Å². The van der Waals surface area contributed by atoms with Gasteiger partial charge in [-0.3, -0.25) is 0 Å². The van der Waals surface area contributed by atoms with Crippen LogP contribution < -0.4 is 0 Å². The molecule has 0 N–H and O–H groups in total. The van der Waals surface area contributed by atoms with Gasteiger partial charge in [0.05, 0.1) is 0 Å². The van der Waals surface area contributed by atoms with Gasteiger partial charge in [-0.2, -0.15) is 16.8 Å². The zero-order chi connectivity index (χ0) is 7.23. The summed E-state index contributed by atoms with van der Waals surface area (Å²) in [6, 6.07) is 0. The van der Waals surface area contributed by atoms with Crippen LogP contribution in [-0.2, 0) is 4.79 Å². The van der Waals surface area contributed by atoms with Crippen molar-refractivity contribution in [3.05, 3.63) is 12.3 Å². The second-order valence-electron chi connectivity index (χ2n) is 2.19. The Bertz CT molecular complexity index is 166.